The molecule has 1 aliphatic heterocycles. The molecule has 2 amide bonds. The number of amides is 2. The summed E-state index contributed by atoms with van der Waals surface area (Å²) >= 11 is 0. The van der Waals surface area contributed by atoms with Crippen molar-refractivity contribution in [2.24, 2.45) is 0 Å². The largest absolute Gasteiger partial charge is 0.419 e. The Hall–Kier alpha value is -3.48. The standard InChI is InChI=1S/C18H12N2O5/c1-9-6-7-10(14-13(9)17(23)25-18(24)19-14)8-20-15(21)11-4-2-3-5-12(11)16(20)22/h2-7H,8H2,1H3,(H,19,24). The van der Waals surface area contributed by atoms with E-state index in [0.717, 1.165) is 4.90 Å². The number of nitrogens with one attached hydrogen (secondary N) is 1. The first kappa shape index (κ1) is 15.1. The lowest BCUT2D eigenvalue weighted by Gasteiger charge is -2.15. The SMILES string of the molecule is Cc1ccc(CN2C(=O)c3ccccc3C2=O)c2[nH]c(=O)oc(=O)c12. The van der Waals surface area contributed by atoms with Crippen LogP contribution in [0.15, 0.2) is 50.4 Å². The number of benzene rings is 2. The summed E-state index contributed by atoms with van der Waals surface area (Å²) in [6.45, 7) is 1.66. The van der Waals surface area contributed by atoms with Gasteiger partial charge in [0.15, 0.2) is 0 Å². The summed E-state index contributed by atoms with van der Waals surface area (Å²) in [7, 11) is 0. The third-order valence-corrected chi connectivity index (χ3v) is 4.32. The molecule has 0 spiro atoms. The number of imide groups is 1. The van der Waals surface area contributed by atoms with Crippen LogP contribution in [0.25, 0.3) is 10.9 Å². The van der Waals surface area contributed by atoms with Crippen LogP contribution in [0.3, 0.4) is 0 Å². The second-order valence-electron chi connectivity index (χ2n) is 5.84. The Morgan fingerprint density at radius 1 is 0.960 bits per heavy atom. The second kappa shape index (κ2) is 5.27. The number of H-pyrrole nitrogens is 1. The number of rotatable bonds is 2. The van der Waals surface area contributed by atoms with Crippen molar-refractivity contribution in [1.29, 1.82) is 0 Å². The van der Waals surface area contributed by atoms with Crippen molar-refractivity contribution < 1.29 is 14.0 Å². The van der Waals surface area contributed by atoms with Gasteiger partial charge >= 0.3 is 11.4 Å². The lowest BCUT2D eigenvalue weighted by atomic mass is 10.1. The topological polar surface area (TPSA) is 100 Å². The van der Waals surface area contributed by atoms with E-state index in [1.807, 2.05) is 0 Å². The van der Waals surface area contributed by atoms with Gasteiger partial charge in [-0.05, 0) is 30.2 Å². The first-order chi connectivity index (χ1) is 12.0. The highest BCUT2D eigenvalue weighted by Gasteiger charge is 2.35. The lowest BCUT2D eigenvalue weighted by Crippen LogP contribution is -2.29. The molecule has 0 bridgehead atoms. The Labute approximate surface area is 140 Å². The zero-order valence-electron chi connectivity index (χ0n) is 13.2. The average Bonchev–Trinajstić information content (AvgIpc) is 2.82. The fraction of sp³-hybridized carbons (Fsp3) is 0.111. The Morgan fingerprint density at radius 3 is 2.24 bits per heavy atom. The van der Waals surface area contributed by atoms with Crippen LogP contribution in [0, 0.1) is 6.92 Å². The van der Waals surface area contributed by atoms with Crippen molar-refractivity contribution in [2.45, 2.75) is 13.5 Å². The molecule has 3 aromatic rings. The quantitative estimate of drug-likeness (QED) is 0.716. The summed E-state index contributed by atoms with van der Waals surface area (Å²) in [6.07, 6.45) is 0. The van der Waals surface area contributed by atoms with Crippen LogP contribution in [0.1, 0.15) is 31.8 Å². The van der Waals surface area contributed by atoms with Crippen LogP contribution in [-0.4, -0.2) is 21.7 Å². The predicted octanol–water partition coefficient (Wildman–Crippen LogP) is 1.59. The van der Waals surface area contributed by atoms with Crippen molar-refractivity contribution >= 4 is 22.7 Å². The molecule has 1 aromatic heterocycles. The van der Waals surface area contributed by atoms with E-state index >= 15 is 0 Å². The van der Waals surface area contributed by atoms with E-state index in [4.69, 9.17) is 0 Å². The summed E-state index contributed by atoms with van der Waals surface area (Å²) in [5.41, 5.74) is 1.33. The molecule has 7 heteroatoms. The molecular formula is C18H12N2O5. The monoisotopic (exact) mass is 336 g/mol. The zero-order chi connectivity index (χ0) is 17.7. The van der Waals surface area contributed by atoms with Crippen molar-refractivity contribution in [3.05, 3.63) is 79.6 Å². The van der Waals surface area contributed by atoms with E-state index in [0.29, 0.717) is 22.3 Å². The molecule has 0 saturated carbocycles. The molecule has 25 heavy (non-hydrogen) atoms. The fourth-order valence-electron chi connectivity index (χ4n) is 3.10. The Kier molecular flexibility index (Phi) is 3.18. The number of hydrogen-bond acceptors (Lipinski definition) is 5. The highest BCUT2D eigenvalue weighted by molar-refractivity contribution is 6.21. The van der Waals surface area contributed by atoms with Crippen LogP contribution in [0.2, 0.25) is 0 Å². The van der Waals surface area contributed by atoms with Crippen LogP contribution >= 0.6 is 0 Å². The molecule has 7 nitrogen and oxygen atoms in total. The molecule has 4 rings (SSSR count). The molecule has 2 heterocycles. The number of carbonyl (C=O) groups is 2. The minimum atomic E-state index is -0.883. The van der Waals surface area contributed by atoms with Crippen LogP contribution < -0.4 is 11.4 Å². The van der Waals surface area contributed by atoms with Gasteiger partial charge in [0, 0.05) is 0 Å². The maximum absolute atomic E-state index is 12.5. The fourth-order valence-corrected chi connectivity index (χ4v) is 3.10. The zero-order valence-corrected chi connectivity index (χ0v) is 13.2. The molecule has 2 aromatic carbocycles. The smallest absolute Gasteiger partial charge is 0.372 e. The second-order valence-corrected chi connectivity index (χ2v) is 5.84. The van der Waals surface area contributed by atoms with E-state index in [-0.39, 0.29) is 17.4 Å². The maximum Gasteiger partial charge on any atom is 0.419 e. The van der Waals surface area contributed by atoms with E-state index in [1.165, 1.54) is 0 Å². The number of nitrogens with zero attached hydrogens (tertiary/aromatic N) is 1. The third-order valence-electron chi connectivity index (χ3n) is 4.32. The number of hydrogen-bond donors (Lipinski definition) is 1. The van der Waals surface area contributed by atoms with E-state index < -0.39 is 23.2 Å². The van der Waals surface area contributed by atoms with Crippen LogP contribution in [-0.2, 0) is 6.54 Å². The van der Waals surface area contributed by atoms with Gasteiger partial charge in [0.25, 0.3) is 11.8 Å². The summed E-state index contributed by atoms with van der Waals surface area (Å²) in [4.78, 5) is 52.1. The molecule has 1 aliphatic rings. The Morgan fingerprint density at radius 2 is 1.60 bits per heavy atom. The average molecular weight is 336 g/mol. The molecule has 0 saturated heterocycles. The van der Waals surface area contributed by atoms with Gasteiger partial charge in [-0.2, -0.15) is 0 Å². The molecular weight excluding hydrogens is 324 g/mol. The van der Waals surface area contributed by atoms with Gasteiger partial charge in [-0.25, -0.2) is 9.59 Å². The predicted molar refractivity (Wildman–Crippen MR) is 88.5 cm³/mol. The number of aryl methyl sites for hydroxylation is 1. The van der Waals surface area contributed by atoms with Crippen molar-refractivity contribution in [3.63, 3.8) is 0 Å². The molecule has 0 unspecified atom stereocenters. The van der Waals surface area contributed by atoms with E-state index in [2.05, 4.69) is 9.40 Å². The van der Waals surface area contributed by atoms with E-state index in [1.54, 1.807) is 43.3 Å². The van der Waals surface area contributed by atoms with Crippen LogP contribution in [0.4, 0.5) is 0 Å². The summed E-state index contributed by atoms with van der Waals surface area (Å²) < 4.78 is 4.57. The summed E-state index contributed by atoms with van der Waals surface area (Å²) in [6, 6.07) is 9.94. The van der Waals surface area contributed by atoms with Gasteiger partial charge in [-0.15, -0.1) is 0 Å². The van der Waals surface area contributed by atoms with Gasteiger partial charge < -0.3 is 4.42 Å². The first-order valence-corrected chi connectivity index (χ1v) is 7.58. The maximum atomic E-state index is 12.5. The van der Waals surface area contributed by atoms with Gasteiger partial charge in [-0.3, -0.25) is 19.5 Å². The van der Waals surface area contributed by atoms with Crippen molar-refractivity contribution in [1.82, 2.24) is 9.88 Å². The van der Waals surface area contributed by atoms with Gasteiger partial charge in [0.05, 0.1) is 28.6 Å². The molecule has 0 radical (unpaired) electrons. The summed E-state index contributed by atoms with van der Waals surface area (Å²) in [5, 5.41) is 0.230. The molecule has 124 valence electrons. The molecule has 1 N–H and O–H groups in total. The van der Waals surface area contributed by atoms with E-state index in [9.17, 15) is 19.2 Å². The number of aromatic nitrogens is 1. The number of aromatic amines is 1. The van der Waals surface area contributed by atoms with Crippen molar-refractivity contribution in [2.75, 3.05) is 0 Å². The first-order valence-electron chi connectivity index (χ1n) is 7.58. The minimum absolute atomic E-state index is 0.0531. The van der Waals surface area contributed by atoms with Gasteiger partial charge in [0.2, 0.25) is 0 Å². The Bertz CT molecular complexity index is 1140. The van der Waals surface area contributed by atoms with Crippen LogP contribution in [0.5, 0.6) is 0 Å². The highest BCUT2D eigenvalue weighted by atomic mass is 16.4. The molecule has 0 atom stereocenters. The Balaban J connectivity index is 1.85. The molecule has 0 fully saturated rings. The van der Waals surface area contributed by atoms with Gasteiger partial charge in [0.1, 0.15) is 0 Å². The lowest BCUT2D eigenvalue weighted by molar-refractivity contribution is 0.0643. The third kappa shape index (κ3) is 2.20. The highest BCUT2D eigenvalue weighted by Crippen LogP contribution is 2.26. The minimum Gasteiger partial charge on any atom is -0.372 e. The normalized spacial score (nSPS) is 13.6. The van der Waals surface area contributed by atoms with Gasteiger partial charge in [-0.1, -0.05) is 24.3 Å². The van der Waals surface area contributed by atoms with Crippen molar-refractivity contribution in [3.8, 4) is 0 Å². The molecule has 0 aliphatic carbocycles. The number of fused-ring (bicyclic) bond motifs is 2. The number of carbonyl (C=O) groups excluding carboxylic acids is 2. The summed E-state index contributed by atoms with van der Waals surface area (Å²) in [5.74, 6) is -1.69.